The molecule has 6 nitrogen and oxygen atoms in total. The number of hydrogen-bond acceptors (Lipinski definition) is 6. The summed E-state index contributed by atoms with van der Waals surface area (Å²) in [6, 6.07) is 19.9. The molecule has 2 aromatic rings. The molecular formula is C30H46O6Si. The summed E-state index contributed by atoms with van der Waals surface area (Å²) in [6.07, 6.45) is 0.758. The van der Waals surface area contributed by atoms with E-state index in [1.54, 1.807) is 7.11 Å². The van der Waals surface area contributed by atoms with E-state index in [1.807, 2.05) is 79.7 Å². The average Bonchev–Trinajstić information content (AvgIpc) is 2.88. The van der Waals surface area contributed by atoms with E-state index in [1.165, 1.54) is 0 Å². The highest BCUT2D eigenvalue weighted by Crippen LogP contribution is 2.37. The molecule has 0 saturated heterocycles. The molecule has 0 aliphatic carbocycles. The normalized spacial score (nSPS) is 16.0. The molecule has 0 saturated carbocycles. The fourth-order valence-electron chi connectivity index (χ4n) is 3.51. The maximum Gasteiger partial charge on any atom is 0.192 e. The Balaban J connectivity index is 2.36. The average molecular weight is 531 g/mol. The van der Waals surface area contributed by atoms with E-state index < -0.39 is 32.7 Å². The van der Waals surface area contributed by atoms with Crippen LogP contribution < -0.4 is 0 Å². The first kappa shape index (κ1) is 31.4. The summed E-state index contributed by atoms with van der Waals surface area (Å²) >= 11 is 0. The van der Waals surface area contributed by atoms with Gasteiger partial charge in [-0.2, -0.15) is 0 Å². The number of ether oxygens (including phenoxy) is 4. The Morgan fingerprint density at radius 3 is 1.89 bits per heavy atom. The molecular weight excluding hydrogens is 484 g/mol. The summed E-state index contributed by atoms with van der Waals surface area (Å²) in [5, 5.41) is 11.6. The number of benzene rings is 2. The number of aliphatic hydroxyl groups excluding tert-OH is 1. The predicted molar refractivity (Wildman–Crippen MR) is 151 cm³/mol. The van der Waals surface area contributed by atoms with E-state index >= 15 is 0 Å². The smallest absolute Gasteiger partial charge is 0.192 e. The molecule has 0 bridgehead atoms. The van der Waals surface area contributed by atoms with Crippen molar-refractivity contribution in [3.63, 3.8) is 0 Å². The molecule has 2 rings (SSSR count). The van der Waals surface area contributed by atoms with Crippen molar-refractivity contribution in [1.82, 2.24) is 0 Å². The van der Waals surface area contributed by atoms with Crippen LogP contribution in [-0.2, 0) is 36.6 Å². The van der Waals surface area contributed by atoms with E-state index in [0.717, 1.165) is 11.1 Å². The van der Waals surface area contributed by atoms with Gasteiger partial charge in [-0.1, -0.05) is 93.6 Å². The van der Waals surface area contributed by atoms with Crippen molar-refractivity contribution < 1.29 is 28.5 Å². The minimum Gasteiger partial charge on any atom is -0.414 e. The number of methoxy groups -OCH3 is 1. The molecule has 37 heavy (non-hydrogen) atoms. The third-order valence-corrected chi connectivity index (χ3v) is 11.3. The Morgan fingerprint density at radius 2 is 1.41 bits per heavy atom. The molecule has 0 heterocycles. The van der Waals surface area contributed by atoms with Gasteiger partial charge in [0.05, 0.1) is 19.8 Å². The van der Waals surface area contributed by atoms with Gasteiger partial charge < -0.3 is 28.5 Å². The summed E-state index contributed by atoms with van der Waals surface area (Å²) in [5.41, 5.74) is 2.05. The molecule has 0 aromatic heterocycles. The van der Waals surface area contributed by atoms with Crippen molar-refractivity contribution in [3.05, 3.63) is 83.9 Å². The SMILES string of the molecule is C/C=C/[C@H](OCOC)[C@@H](O)[C@H](OCc1ccccc1)[C@H](CO[Si](C)(C)C(C)(C)C)OCc1ccccc1. The van der Waals surface area contributed by atoms with Crippen LogP contribution in [0.4, 0.5) is 0 Å². The first-order valence-electron chi connectivity index (χ1n) is 13.0. The Bertz CT molecular complexity index is 897. The zero-order valence-electron chi connectivity index (χ0n) is 23.6. The van der Waals surface area contributed by atoms with E-state index in [9.17, 15) is 5.11 Å². The Labute approximate surface area is 224 Å². The Hall–Kier alpha value is -1.84. The fourth-order valence-corrected chi connectivity index (χ4v) is 4.52. The van der Waals surface area contributed by atoms with Crippen molar-refractivity contribution in [3.8, 4) is 0 Å². The minimum absolute atomic E-state index is 0.0328. The van der Waals surface area contributed by atoms with Crippen molar-refractivity contribution in [2.75, 3.05) is 20.5 Å². The zero-order valence-corrected chi connectivity index (χ0v) is 24.6. The van der Waals surface area contributed by atoms with Crippen LogP contribution in [0.5, 0.6) is 0 Å². The topological polar surface area (TPSA) is 66.4 Å². The molecule has 0 spiro atoms. The molecule has 0 aliphatic heterocycles. The largest absolute Gasteiger partial charge is 0.414 e. The highest BCUT2D eigenvalue weighted by molar-refractivity contribution is 6.74. The maximum atomic E-state index is 11.6. The monoisotopic (exact) mass is 530 g/mol. The first-order valence-corrected chi connectivity index (χ1v) is 15.9. The van der Waals surface area contributed by atoms with E-state index in [0.29, 0.717) is 19.8 Å². The van der Waals surface area contributed by atoms with Crippen LogP contribution in [-0.4, -0.2) is 58.3 Å². The predicted octanol–water partition coefficient (Wildman–Crippen LogP) is 6.11. The first-order chi connectivity index (χ1) is 17.6. The molecule has 4 atom stereocenters. The molecule has 2 aromatic carbocycles. The van der Waals surface area contributed by atoms with Crippen molar-refractivity contribution >= 4 is 8.32 Å². The number of hydrogen-bond donors (Lipinski definition) is 1. The Kier molecular flexibility index (Phi) is 13.2. The molecule has 7 heteroatoms. The number of aliphatic hydroxyl groups is 1. The van der Waals surface area contributed by atoms with Gasteiger partial charge in [0.2, 0.25) is 0 Å². The van der Waals surface area contributed by atoms with E-state index in [2.05, 4.69) is 33.9 Å². The van der Waals surface area contributed by atoms with E-state index in [-0.39, 0.29) is 11.8 Å². The maximum absolute atomic E-state index is 11.6. The lowest BCUT2D eigenvalue weighted by Crippen LogP contribution is -2.51. The minimum atomic E-state index is -2.09. The van der Waals surface area contributed by atoms with Crippen LogP contribution in [0.2, 0.25) is 18.1 Å². The van der Waals surface area contributed by atoms with Crippen LogP contribution in [0.25, 0.3) is 0 Å². The van der Waals surface area contributed by atoms with Gasteiger partial charge >= 0.3 is 0 Å². The second kappa shape index (κ2) is 15.5. The zero-order chi connectivity index (χ0) is 27.3. The lowest BCUT2D eigenvalue weighted by atomic mass is 10.0. The van der Waals surface area contributed by atoms with Gasteiger partial charge in [-0.25, -0.2) is 0 Å². The van der Waals surface area contributed by atoms with Gasteiger partial charge in [0.25, 0.3) is 0 Å². The summed E-state index contributed by atoms with van der Waals surface area (Å²) in [5.74, 6) is 0. The molecule has 1 N–H and O–H groups in total. The van der Waals surface area contributed by atoms with Crippen LogP contribution in [0.3, 0.4) is 0 Å². The van der Waals surface area contributed by atoms with Gasteiger partial charge in [0.15, 0.2) is 8.32 Å². The van der Waals surface area contributed by atoms with Crippen LogP contribution in [0, 0.1) is 0 Å². The van der Waals surface area contributed by atoms with Gasteiger partial charge in [0.1, 0.15) is 31.2 Å². The number of allylic oxidation sites excluding steroid dienone is 1. The lowest BCUT2D eigenvalue weighted by molar-refractivity contribution is -0.178. The molecule has 0 aliphatic rings. The van der Waals surface area contributed by atoms with Gasteiger partial charge in [-0.3, -0.25) is 0 Å². The highest BCUT2D eigenvalue weighted by atomic mass is 28.4. The lowest BCUT2D eigenvalue weighted by Gasteiger charge is -2.39. The quantitative estimate of drug-likeness (QED) is 0.161. The summed E-state index contributed by atoms with van der Waals surface area (Å²) in [6.45, 7) is 14.0. The molecule has 0 fully saturated rings. The third-order valence-electron chi connectivity index (χ3n) is 6.81. The summed E-state index contributed by atoms with van der Waals surface area (Å²) in [4.78, 5) is 0. The van der Waals surface area contributed by atoms with Gasteiger partial charge in [-0.15, -0.1) is 0 Å². The van der Waals surface area contributed by atoms with Crippen molar-refractivity contribution in [1.29, 1.82) is 0 Å². The number of rotatable bonds is 16. The van der Waals surface area contributed by atoms with Gasteiger partial charge in [0, 0.05) is 7.11 Å². The second-order valence-corrected chi connectivity index (χ2v) is 15.5. The molecule has 0 radical (unpaired) electrons. The standard InChI is InChI=1S/C30H46O6Si/c1-8-15-26(35-23-32-5)28(31)29(34-21-25-18-13-10-14-19-25)27(22-36-37(6,7)30(2,3)4)33-20-24-16-11-9-12-17-24/h8-19,26-29,31H,20-23H2,1-7H3/b15-8+/t26-,27-,28+,29+/m0/s1. The highest BCUT2D eigenvalue weighted by Gasteiger charge is 2.41. The molecule has 206 valence electrons. The Morgan fingerprint density at radius 1 is 0.865 bits per heavy atom. The fraction of sp³-hybridized carbons (Fsp3) is 0.533. The second-order valence-electron chi connectivity index (χ2n) is 10.7. The van der Waals surface area contributed by atoms with Crippen LogP contribution in [0.15, 0.2) is 72.8 Å². The summed E-state index contributed by atoms with van der Waals surface area (Å²) < 4.78 is 30.4. The van der Waals surface area contributed by atoms with Crippen molar-refractivity contribution in [2.24, 2.45) is 0 Å². The van der Waals surface area contributed by atoms with Crippen molar-refractivity contribution in [2.45, 2.75) is 83.5 Å². The van der Waals surface area contributed by atoms with Crippen LogP contribution in [0.1, 0.15) is 38.8 Å². The van der Waals surface area contributed by atoms with Crippen LogP contribution >= 0.6 is 0 Å². The third kappa shape index (κ3) is 10.4. The van der Waals surface area contributed by atoms with E-state index in [4.69, 9.17) is 23.4 Å². The molecule has 0 unspecified atom stereocenters. The van der Waals surface area contributed by atoms with Gasteiger partial charge in [-0.05, 0) is 36.2 Å². The molecule has 0 amide bonds. The summed E-state index contributed by atoms with van der Waals surface area (Å²) in [7, 11) is -0.532.